The lowest BCUT2D eigenvalue weighted by molar-refractivity contribution is -0.141. The summed E-state index contributed by atoms with van der Waals surface area (Å²) in [5, 5.41) is 12.6. The molecular formula is C24H15Cl2F3N4O3. The summed E-state index contributed by atoms with van der Waals surface area (Å²) >= 11 is 12.1. The summed E-state index contributed by atoms with van der Waals surface area (Å²) in [4.78, 5) is 36.3. The van der Waals surface area contributed by atoms with E-state index in [0.29, 0.717) is 10.9 Å². The molecule has 4 aromatic rings. The molecule has 1 amide bonds. The lowest BCUT2D eigenvalue weighted by atomic mass is 9.96. The molecule has 1 atom stereocenters. The Bertz CT molecular complexity index is 1460. The maximum Gasteiger partial charge on any atom is 0.435 e. The molecule has 2 N–H and O–H groups in total. The van der Waals surface area contributed by atoms with Crippen LogP contribution in [0.1, 0.15) is 21.6 Å². The fourth-order valence-corrected chi connectivity index (χ4v) is 4.28. The van der Waals surface area contributed by atoms with Gasteiger partial charge in [0.15, 0.2) is 5.69 Å². The highest BCUT2D eigenvalue weighted by Gasteiger charge is 2.37. The van der Waals surface area contributed by atoms with E-state index in [0.717, 1.165) is 12.4 Å². The standard InChI is InChI=1S/C24H15Cl2F3N4O3/c25-15-4-1-5-16(26)18(15)22(34)33-17(23(35)36)11-12-6-7-14(13-3-2-8-30-19(12)13)20-21(24(27,28)29)32-10-9-31-20/h1-10,17H,11H2,(H,33,34)(H,35,36)/t17-/m0/s1. The average Bonchev–Trinajstić information content (AvgIpc) is 2.83. The van der Waals surface area contributed by atoms with Crippen LogP contribution >= 0.6 is 23.2 Å². The van der Waals surface area contributed by atoms with E-state index in [1.54, 1.807) is 6.07 Å². The van der Waals surface area contributed by atoms with Gasteiger partial charge in [0.2, 0.25) is 0 Å². The number of carboxylic acid groups (broad SMARTS) is 1. The highest BCUT2D eigenvalue weighted by molar-refractivity contribution is 6.39. The van der Waals surface area contributed by atoms with Gasteiger partial charge in [-0.05, 0) is 23.8 Å². The zero-order chi connectivity index (χ0) is 26.0. The van der Waals surface area contributed by atoms with Gasteiger partial charge >= 0.3 is 12.1 Å². The number of rotatable bonds is 6. The van der Waals surface area contributed by atoms with Crippen LogP contribution in [0.25, 0.3) is 22.2 Å². The zero-order valence-electron chi connectivity index (χ0n) is 18.1. The van der Waals surface area contributed by atoms with Gasteiger partial charge in [-0.25, -0.2) is 9.78 Å². The number of hydrogen-bond donors (Lipinski definition) is 2. The predicted octanol–water partition coefficient (Wildman–Crippen LogP) is 5.44. The summed E-state index contributed by atoms with van der Waals surface area (Å²) in [6.45, 7) is 0. The van der Waals surface area contributed by atoms with E-state index in [2.05, 4.69) is 20.3 Å². The first-order chi connectivity index (χ1) is 17.1. The molecule has 2 aromatic heterocycles. The van der Waals surface area contributed by atoms with Crippen molar-refractivity contribution in [3.05, 3.63) is 87.9 Å². The Labute approximate surface area is 211 Å². The molecule has 36 heavy (non-hydrogen) atoms. The molecule has 0 unspecified atom stereocenters. The topological polar surface area (TPSA) is 105 Å². The summed E-state index contributed by atoms with van der Waals surface area (Å²) < 4.78 is 40.7. The monoisotopic (exact) mass is 534 g/mol. The molecular weight excluding hydrogens is 520 g/mol. The molecule has 0 bridgehead atoms. The number of carbonyl (C=O) groups is 2. The van der Waals surface area contributed by atoms with Crippen LogP contribution in [0.5, 0.6) is 0 Å². The quantitative estimate of drug-likeness (QED) is 0.341. The third-order valence-electron chi connectivity index (χ3n) is 5.29. The summed E-state index contributed by atoms with van der Waals surface area (Å²) in [5.41, 5.74) is -0.857. The molecule has 0 aliphatic heterocycles. The molecule has 0 spiro atoms. The van der Waals surface area contributed by atoms with E-state index in [1.807, 2.05) is 0 Å². The van der Waals surface area contributed by atoms with E-state index in [4.69, 9.17) is 23.2 Å². The van der Waals surface area contributed by atoms with Crippen molar-refractivity contribution in [2.45, 2.75) is 18.6 Å². The molecule has 12 heteroatoms. The zero-order valence-corrected chi connectivity index (χ0v) is 19.6. The number of amides is 1. The lowest BCUT2D eigenvalue weighted by Crippen LogP contribution is -2.42. The molecule has 0 radical (unpaired) electrons. The second-order valence-electron chi connectivity index (χ2n) is 7.59. The molecule has 2 aromatic carbocycles. The fourth-order valence-electron chi connectivity index (χ4n) is 3.71. The van der Waals surface area contributed by atoms with Crippen LogP contribution in [0.4, 0.5) is 13.2 Å². The van der Waals surface area contributed by atoms with Crippen molar-refractivity contribution < 1.29 is 27.9 Å². The van der Waals surface area contributed by atoms with Gasteiger partial charge in [-0.3, -0.25) is 14.8 Å². The van der Waals surface area contributed by atoms with Crippen LogP contribution in [0.2, 0.25) is 10.0 Å². The van der Waals surface area contributed by atoms with Crippen molar-refractivity contribution in [2.75, 3.05) is 0 Å². The van der Waals surface area contributed by atoms with E-state index >= 15 is 0 Å². The number of aromatic nitrogens is 3. The number of carboxylic acids is 1. The summed E-state index contributed by atoms with van der Waals surface area (Å²) in [5.74, 6) is -2.13. The Morgan fingerprint density at radius 3 is 2.31 bits per heavy atom. The van der Waals surface area contributed by atoms with E-state index < -0.39 is 29.8 Å². The Hall–Kier alpha value is -3.76. The smallest absolute Gasteiger partial charge is 0.435 e. The van der Waals surface area contributed by atoms with Crippen molar-refractivity contribution in [3.8, 4) is 11.3 Å². The number of fused-ring (bicyclic) bond motifs is 1. The molecule has 0 saturated heterocycles. The first-order valence-corrected chi connectivity index (χ1v) is 11.1. The first-order valence-electron chi connectivity index (χ1n) is 10.3. The van der Waals surface area contributed by atoms with Gasteiger partial charge in [0.25, 0.3) is 5.91 Å². The Balaban J connectivity index is 1.73. The van der Waals surface area contributed by atoms with Gasteiger partial charge in [0.05, 0.1) is 21.1 Å². The molecule has 4 rings (SSSR count). The summed E-state index contributed by atoms with van der Waals surface area (Å²) in [6.07, 6.45) is -1.43. The second kappa shape index (κ2) is 10.1. The van der Waals surface area contributed by atoms with Crippen LogP contribution in [-0.4, -0.2) is 38.0 Å². The maximum absolute atomic E-state index is 13.6. The van der Waals surface area contributed by atoms with Gasteiger partial charge in [-0.1, -0.05) is 47.5 Å². The molecule has 184 valence electrons. The van der Waals surface area contributed by atoms with Crippen LogP contribution in [0.15, 0.2) is 61.1 Å². The highest BCUT2D eigenvalue weighted by Crippen LogP contribution is 2.37. The van der Waals surface area contributed by atoms with Gasteiger partial charge < -0.3 is 10.4 Å². The second-order valence-corrected chi connectivity index (χ2v) is 8.40. The number of hydrogen-bond acceptors (Lipinski definition) is 5. The number of pyridine rings is 1. The number of benzene rings is 2. The number of nitrogens with zero attached hydrogens (tertiary/aromatic N) is 3. The van der Waals surface area contributed by atoms with Crippen LogP contribution in [0.3, 0.4) is 0 Å². The molecule has 0 aliphatic carbocycles. The van der Waals surface area contributed by atoms with Crippen molar-refractivity contribution in [2.24, 2.45) is 0 Å². The average molecular weight is 535 g/mol. The van der Waals surface area contributed by atoms with Crippen LogP contribution in [0, 0.1) is 0 Å². The Morgan fingerprint density at radius 1 is 0.944 bits per heavy atom. The Kier molecular flexibility index (Phi) is 7.09. The van der Waals surface area contributed by atoms with E-state index in [-0.39, 0.29) is 38.8 Å². The highest BCUT2D eigenvalue weighted by atomic mass is 35.5. The third-order valence-corrected chi connectivity index (χ3v) is 5.92. The van der Waals surface area contributed by atoms with Crippen molar-refractivity contribution >= 4 is 46.0 Å². The van der Waals surface area contributed by atoms with Crippen molar-refractivity contribution in [3.63, 3.8) is 0 Å². The fraction of sp³-hybridized carbons (Fsp3) is 0.125. The van der Waals surface area contributed by atoms with Gasteiger partial charge in [-0.2, -0.15) is 13.2 Å². The minimum Gasteiger partial charge on any atom is -0.480 e. The molecule has 7 nitrogen and oxygen atoms in total. The normalized spacial score (nSPS) is 12.4. The van der Waals surface area contributed by atoms with Gasteiger partial charge in [0.1, 0.15) is 11.7 Å². The number of carbonyl (C=O) groups excluding carboxylic acids is 1. The lowest BCUT2D eigenvalue weighted by Gasteiger charge is -2.18. The summed E-state index contributed by atoms with van der Waals surface area (Å²) in [7, 11) is 0. The van der Waals surface area contributed by atoms with Crippen molar-refractivity contribution in [1.29, 1.82) is 0 Å². The summed E-state index contributed by atoms with van der Waals surface area (Å²) in [6, 6.07) is 8.93. The first kappa shape index (κ1) is 25.3. The number of nitrogens with one attached hydrogen (secondary N) is 1. The van der Waals surface area contributed by atoms with Crippen molar-refractivity contribution in [1.82, 2.24) is 20.3 Å². The van der Waals surface area contributed by atoms with Crippen LogP contribution < -0.4 is 5.32 Å². The van der Waals surface area contributed by atoms with E-state index in [1.165, 1.54) is 42.6 Å². The molecule has 2 heterocycles. The predicted molar refractivity (Wildman–Crippen MR) is 127 cm³/mol. The number of alkyl halides is 3. The number of halogens is 5. The number of aliphatic carboxylic acids is 1. The SMILES string of the molecule is O=C(N[C@@H](Cc1ccc(-c2nccnc2C(F)(F)F)c2cccnc12)C(=O)O)c1c(Cl)cccc1Cl. The minimum atomic E-state index is -4.74. The molecule has 0 aliphatic rings. The third kappa shape index (κ3) is 5.09. The maximum atomic E-state index is 13.6. The Morgan fingerprint density at radius 2 is 1.64 bits per heavy atom. The largest absolute Gasteiger partial charge is 0.480 e. The van der Waals surface area contributed by atoms with Gasteiger partial charge in [0, 0.05) is 36.0 Å². The molecule has 0 fully saturated rings. The molecule has 0 saturated carbocycles. The van der Waals surface area contributed by atoms with Crippen LogP contribution in [-0.2, 0) is 17.4 Å². The van der Waals surface area contributed by atoms with Gasteiger partial charge in [-0.15, -0.1) is 0 Å². The minimum absolute atomic E-state index is 0.0463. The van der Waals surface area contributed by atoms with E-state index in [9.17, 15) is 27.9 Å².